The number of carbonyl (C=O) groups excluding carboxylic acids is 1. The van der Waals surface area contributed by atoms with E-state index in [-0.39, 0.29) is 0 Å². The minimum absolute atomic E-state index is 0.447. The molecule has 5 atom stereocenters. The Morgan fingerprint density at radius 3 is 2.50 bits per heavy atom. The molecule has 114 valence electrons. The lowest BCUT2D eigenvalue weighted by molar-refractivity contribution is -0.129. The van der Waals surface area contributed by atoms with E-state index in [4.69, 9.17) is 0 Å². The smallest absolute Gasteiger partial charge is 0.136 e. The molecule has 3 aliphatic rings. The normalized spacial score (nSPS) is 40.8. The van der Waals surface area contributed by atoms with E-state index in [0.29, 0.717) is 11.7 Å². The molecule has 3 saturated carbocycles. The molecule has 0 aromatic carbocycles. The van der Waals surface area contributed by atoms with Crippen molar-refractivity contribution in [3.8, 4) is 0 Å². The standard InChI is InChI=1S/C19H32O/c1-2-3-11-19(20)18-10-6-9-16-15-8-5-4-7-14(15)12-13-17(16)18/h14-18H,2-13H2,1H3. The summed E-state index contributed by atoms with van der Waals surface area (Å²) in [5.74, 6) is 4.77. The molecule has 5 unspecified atom stereocenters. The van der Waals surface area contributed by atoms with Crippen LogP contribution in [0.5, 0.6) is 0 Å². The monoisotopic (exact) mass is 276 g/mol. The van der Waals surface area contributed by atoms with Crippen LogP contribution in [-0.2, 0) is 4.79 Å². The SMILES string of the molecule is CCCCC(=O)C1CCCC2C3CCCCC3CCC12. The lowest BCUT2D eigenvalue weighted by Gasteiger charge is -2.50. The summed E-state index contributed by atoms with van der Waals surface area (Å²) in [6, 6.07) is 0. The van der Waals surface area contributed by atoms with Gasteiger partial charge in [-0.3, -0.25) is 4.79 Å². The van der Waals surface area contributed by atoms with Crippen LogP contribution in [0.3, 0.4) is 0 Å². The van der Waals surface area contributed by atoms with Crippen molar-refractivity contribution in [3.63, 3.8) is 0 Å². The Labute approximate surface area is 124 Å². The van der Waals surface area contributed by atoms with Crippen LogP contribution in [-0.4, -0.2) is 5.78 Å². The van der Waals surface area contributed by atoms with Crippen molar-refractivity contribution >= 4 is 5.78 Å². The van der Waals surface area contributed by atoms with Gasteiger partial charge >= 0.3 is 0 Å². The Bertz CT molecular complexity index is 335. The fourth-order valence-corrected chi connectivity index (χ4v) is 5.75. The maximum atomic E-state index is 12.6. The van der Waals surface area contributed by atoms with Gasteiger partial charge in [0.2, 0.25) is 0 Å². The second-order valence-electron chi connectivity index (χ2n) is 7.72. The van der Waals surface area contributed by atoms with Crippen LogP contribution in [0.2, 0.25) is 0 Å². The van der Waals surface area contributed by atoms with E-state index in [2.05, 4.69) is 6.92 Å². The number of carbonyl (C=O) groups is 1. The minimum atomic E-state index is 0.447. The molecule has 0 aromatic rings. The zero-order valence-corrected chi connectivity index (χ0v) is 13.3. The molecule has 1 nitrogen and oxygen atoms in total. The summed E-state index contributed by atoms with van der Waals surface area (Å²) in [5, 5.41) is 0. The fraction of sp³-hybridized carbons (Fsp3) is 0.947. The molecule has 3 aliphatic carbocycles. The molecular formula is C19H32O. The van der Waals surface area contributed by atoms with Gasteiger partial charge in [-0.1, -0.05) is 39.0 Å². The highest BCUT2D eigenvalue weighted by Crippen LogP contribution is 2.53. The summed E-state index contributed by atoms with van der Waals surface area (Å²) in [7, 11) is 0. The largest absolute Gasteiger partial charge is 0.299 e. The van der Waals surface area contributed by atoms with Gasteiger partial charge in [0, 0.05) is 12.3 Å². The van der Waals surface area contributed by atoms with E-state index in [0.717, 1.165) is 42.9 Å². The van der Waals surface area contributed by atoms with Crippen molar-refractivity contribution in [1.82, 2.24) is 0 Å². The first-order chi connectivity index (χ1) is 9.81. The van der Waals surface area contributed by atoms with Gasteiger partial charge in [-0.05, 0) is 62.2 Å². The molecule has 0 bridgehead atoms. The van der Waals surface area contributed by atoms with Gasteiger partial charge in [0.1, 0.15) is 5.78 Å². The van der Waals surface area contributed by atoms with Crippen molar-refractivity contribution in [2.75, 3.05) is 0 Å². The minimum Gasteiger partial charge on any atom is -0.299 e. The van der Waals surface area contributed by atoms with E-state index in [1.165, 1.54) is 57.8 Å². The van der Waals surface area contributed by atoms with E-state index < -0.39 is 0 Å². The Morgan fingerprint density at radius 1 is 0.850 bits per heavy atom. The molecule has 0 heterocycles. The Balaban J connectivity index is 1.68. The molecule has 20 heavy (non-hydrogen) atoms. The number of hydrogen-bond donors (Lipinski definition) is 0. The predicted molar refractivity (Wildman–Crippen MR) is 83.5 cm³/mol. The van der Waals surface area contributed by atoms with Crippen molar-refractivity contribution < 1.29 is 4.79 Å². The molecule has 3 rings (SSSR count). The molecule has 0 aromatic heterocycles. The second kappa shape index (κ2) is 6.62. The van der Waals surface area contributed by atoms with Gasteiger partial charge in [-0.25, -0.2) is 0 Å². The van der Waals surface area contributed by atoms with Crippen molar-refractivity contribution in [3.05, 3.63) is 0 Å². The molecule has 0 saturated heterocycles. The maximum absolute atomic E-state index is 12.6. The summed E-state index contributed by atoms with van der Waals surface area (Å²) in [6.45, 7) is 2.20. The van der Waals surface area contributed by atoms with Crippen LogP contribution < -0.4 is 0 Å². The van der Waals surface area contributed by atoms with Crippen LogP contribution >= 0.6 is 0 Å². The highest BCUT2D eigenvalue weighted by Gasteiger charge is 2.45. The third kappa shape index (κ3) is 2.83. The number of fused-ring (bicyclic) bond motifs is 3. The van der Waals surface area contributed by atoms with E-state index in [1.54, 1.807) is 0 Å². The zero-order valence-electron chi connectivity index (χ0n) is 13.3. The number of ketones is 1. The molecule has 0 N–H and O–H groups in total. The van der Waals surface area contributed by atoms with Gasteiger partial charge in [-0.2, -0.15) is 0 Å². The van der Waals surface area contributed by atoms with Crippen LogP contribution in [0, 0.1) is 29.6 Å². The summed E-state index contributed by atoms with van der Waals surface area (Å²) in [4.78, 5) is 12.6. The molecule has 0 spiro atoms. The van der Waals surface area contributed by atoms with Crippen LogP contribution in [0.4, 0.5) is 0 Å². The highest BCUT2D eigenvalue weighted by molar-refractivity contribution is 5.81. The third-order valence-corrected chi connectivity index (χ3v) is 6.70. The molecule has 0 amide bonds. The summed E-state index contributed by atoms with van der Waals surface area (Å²) in [6.07, 6.45) is 15.8. The summed E-state index contributed by atoms with van der Waals surface area (Å²) >= 11 is 0. The van der Waals surface area contributed by atoms with Crippen LogP contribution in [0.25, 0.3) is 0 Å². The number of rotatable bonds is 4. The van der Waals surface area contributed by atoms with Crippen molar-refractivity contribution in [2.45, 2.75) is 84.0 Å². The average molecular weight is 276 g/mol. The molecule has 0 radical (unpaired) electrons. The summed E-state index contributed by atoms with van der Waals surface area (Å²) < 4.78 is 0. The molecule has 0 aliphatic heterocycles. The predicted octanol–water partition coefficient (Wildman–Crippen LogP) is 5.38. The van der Waals surface area contributed by atoms with E-state index >= 15 is 0 Å². The van der Waals surface area contributed by atoms with Gasteiger partial charge in [0.05, 0.1) is 0 Å². The highest BCUT2D eigenvalue weighted by atomic mass is 16.1. The van der Waals surface area contributed by atoms with Crippen LogP contribution in [0.15, 0.2) is 0 Å². The fourth-order valence-electron chi connectivity index (χ4n) is 5.75. The molecule has 3 fully saturated rings. The molecular weight excluding hydrogens is 244 g/mol. The first kappa shape index (κ1) is 14.6. The van der Waals surface area contributed by atoms with E-state index in [1.807, 2.05) is 0 Å². The second-order valence-corrected chi connectivity index (χ2v) is 7.72. The zero-order chi connectivity index (χ0) is 13.9. The Kier molecular flexibility index (Phi) is 4.83. The Hall–Kier alpha value is -0.330. The van der Waals surface area contributed by atoms with Crippen molar-refractivity contribution in [1.29, 1.82) is 0 Å². The first-order valence-corrected chi connectivity index (χ1v) is 9.34. The van der Waals surface area contributed by atoms with Crippen LogP contribution in [0.1, 0.15) is 84.0 Å². The number of unbranched alkanes of at least 4 members (excludes halogenated alkanes) is 1. The third-order valence-electron chi connectivity index (χ3n) is 6.70. The van der Waals surface area contributed by atoms with Gasteiger partial charge < -0.3 is 0 Å². The number of Topliss-reactive ketones (excluding diaryl/α,β-unsaturated/α-hetero) is 1. The number of hydrogen-bond acceptors (Lipinski definition) is 1. The van der Waals surface area contributed by atoms with Crippen molar-refractivity contribution in [2.24, 2.45) is 29.6 Å². The summed E-state index contributed by atoms with van der Waals surface area (Å²) in [5.41, 5.74) is 0. The topological polar surface area (TPSA) is 17.1 Å². The quantitative estimate of drug-likeness (QED) is 0.674. The Morgan fingerprint density at radius 2 is 1.65 bits per heavy atom. The lowest BCUT2D eigenvalue weighted by Crippen LogP contribution is -2.43. The van der Waals surface area contributed by atoms with E-state index in [9.17, 15) is 4.79 Å². The average Bonchev–Trinajstić information content (AvgIpc) is 2.51. The maximum Gasteiger partial charge on any atom is 0.136 e. The van der Waals surface area contributed by atoms with Gasteiger partial charge in [0.25, 0.3) is 0 Å². The van der Waals surface area contributed by atoms with Gasteiger partial charge in [-0.15, -0.1) is 0 Å². The van der Waals surface area contributed by atoms with Gasteiger partial charge in [0.15, 0.2) is 0 Å². The lowest BCUT2D eigenvalue weighted by atomic mass is 9.54. The molecule has 1 heteroatoms. The first-order valence-electron chi connectivity index (χ1n) is 9.34.